The molecule has 0 aliphatic carbocycles. The van der Waals surface area contributed by atoms with Crippen molar-refractivity contribution in [2.24, 2.45) is 5.92 Å². The fourth-order valence-corrected chi connectivity index (χ4v) is 2.26. The Bertz CT molecular complexity index is 337. The van der Waals surface area contributed by atoms with Crippen LogP contribution in [0.2, 0.25) is 0 Å². The summed E-state index contributed by atoms with van der Waals surface area (Å²) in [6.45, 7) is 1.70. The minimum absolute atomic E-state index is 0.227. The minimum Gasteiger partial charge on any atom is -0.481 e. The monoisotopic (exact) mass is 205 g/mol. The van der Waals surface area contributed by atoms with Gasteiger partial charge in [-0.25, -0.2) is 0 Å². The summed E-state index contributed by atoms with van der Waals surface area (Å²) in [4.78, 5) is 10.7. The molecule has 0 bridgehead atoms. The summed E-state index contributed by atoms with van der Waals surface area (Å²) in [5.41, 5.74) is 1.24. The summed E-state index contributed by atoms with van der Waals surface area (Å²) in [7, 11) is 0. The van der Waals surface area contributed by atoms with E-state index in [0.29, 0.717) is 5.92 Å². The van der Waals surface area contributed by atoms with Gasteiger partial charge < -0.3 is 10.4 Å². The van der Waals surface area contributed by atoms with E-state index in [2.05, 4.69) is 17.4 Å². The molecule has 2 atom stereocenters. The van der Waals surface area contributed by atoms with Crippen LogP contribution in [0.25, 0.3) is 0 Å². The van der Waals surface area contributed by atoms with Crippen molar-refractivity contribution in [3.05, 3.63) is 35.9 Å². The Morgan fingerprint density at radius 3 is 2.73 bits per heavy atom. The Kier molecular flexibility index (Phi) is 3.02. The van der Waals surface area contributed by atoms with Gasteiger partial charge in [-0.1, -0.05) is 30.3 Å². The van der Waals surface area contributed by atoms with E-state index in [-0.39, 0.29) is 12.3 Å². The number of benzene rings is 1. The predicted molar refractivity (Wildman–Crippen MR) is 57.8 cm³/mol. The Labute approximate surface area is 89.1 Å². The van der Waals surface area contributed by atoms with Crippen LogP contribution in [0, 0.1) is 5.92 Å². The van der Waals surface area contributed by atoms with Crippen LogP contribution >= 0.6 is 0 Å². The zero-order chi connectivity index (χ0) is 10.7. The average molecular weight is 205 g/mol. The second-order valence-electron chi connectivity index (χ2n) is 4.03. The summed E-state index contributed by atoms with van der Waals surface area (Å²) < 4.78 is 0. The van der Waals surface area contributed by atoms with Gasteiger partial charge in [-0.15, -0.1) is 0 Å². The first-order chi connectivity index (χ1) is 7.27. The standard InChI is InChI=1S/C12H15NO2/c14-12(15)6-10-7-13-8-11(10)9-4-2-1-3-5-9/h1-5,10-11,13H,6-8H2,(H,14,15)/t10-,11+/m1/s1. The van der Waals surface area contributed by atoms with Gasteiger partial charge in [0.05, 0.1) is 0 Å². The topological polar surface area (TPSA) is 49.3 Å². The highest BCUT2D eigenvalue weighted by atomic mass is 16.4. The van der Waals surface area contributed by atoms with Gasteiger partial charge in [0.15, 0.2) is 0 Å². The molecule has 2 N–H and O–H groups in total. The second-order valence-corrected chi connectivity index (χ2v) is 4.03. The molecule has 1 heterocycles. The molecule has 3 nitrogen and oxygen atoms in total. The van der Waals surface area contributed by atoms with Crippen molar-refractivity contribution in [3.63, 3.8) is 0 Å². The molecule has 1 saturated heterocycles. The molecular formula is C12H15NO2. The van der Waals surface area contributed by atoms with Crippen molar-refractivity contribution in [1.29, 1.82) is 0 Å². The van der Waals surface area contributed by atoms with Crippen molar-refractivity contribution in [2.75, 3.05) is 13.1 Å². The molecule has 3 heteroatoms. The quantitative estimate of drug-likeness (QED) is 0.785. The second kappa shape index (κ2) is 4.45. The van der Waals surface area contributed by atoms with Gasteiger partial charge in [0.1, 0.15) is 0 Å². The van der Waals surface area contributed by atoms with E-state index >= 15 is 0 Å². The number of hydrogen-bond donors (Lipinski definition) is 2. The smallest absolute Gasteiger partial charge is 0.303 e. The lowest BCUT2D eigenvalue weighted by Crippen LogP contribution is -2.15. The van der Waals surface area contributed by atoms with Gasteiger partial charge in [-0.3, -0.25) is 4.79 Å². The number of rotatable bonds is 3. The van der Waals surface area contributed by atoms with Crippen LogP contribution in [-0.4, -0.2) is 24.2 Å². The zero-order valence-electron chi connectivity index (χ0n) is 8.52. The summed E-state index contributed by atoms with van der Waals surface area (Å²) in [5.74, 6) is -0.128. The molecule has 0 saturated carbocycles. The predicted octanol–water partition coefficient (Wildman–Crippen LogP) is 1.46. The van der Waals surface area contributed by atoms with E-state index in [1.807, 2.05) is 18.2 Å². The molecule has 1 aliphatic rings. The lowest BCUT2D eigenvalue weighted by molar-refractivity contribution is -0.138. The highest BCUT2D eigenvalue weighted by molar-refractivity contribution is 5.67. The normalized spacial score (nSPS) is 25.3. The van der Waals surface area contributed by atoms with Crippen LogP contribution in [0.4, 0.5) is 0 Å². The van der Waals surface area contributed by atoms with Crippen LogP contribution < -0.4 is 5.32 Å². The fourth-order valence-electron chi connectivity index (χ4n) is 2.26. The molecule has 15 heavy (non-hydrogen) atoms. The van der Waals surface area contributed by atoms with E-state index in [9.17, 15) is 4.79 Å². The Balaban J connectivity index is 2.11. The largest absolute Gasteiger partial charge is 0.481 e. The van der Waals surface area contributed by atoms with Crippen molar-refractivity contribution < 1.29 is 9.90 Å². The summed E-state index contributed by atoms with van der Waals surface area (Å²) in [6.07, 6.45) is 0.257. The SMILES string of the molecule is O=C(O)C[C@@H]1CNC[C@H]1c1ccccc1. The van der Waals surface area contributed by atoms with Crippen LogP contribution in [0.15, 0.2) is 30.3 Å². The Morgan fingerprint density at radius 2 is 2.07 bits per heavy atom. The number of nitrogens with one attached hydrogen (secondary N) is 1. The molecule has 1 aliphatic heterocycles. The number of carboxylic acids is 1. The van der Waals surface area contributed by atoms with Crippen LogP contribution in [0.1, 0.15) is 17.9 Å². The lowest BCUT2D eigenvalue weighted by Gasteiger charge is -2.16. The number of hydrogen-bond acceptors (Lipinski definition) is 2. The highest BCUT2D eigenvalue weighted by Crippen LogP contribution is 2.29. The third-order valence-electron chi connectivity index (χ3n) is 3.00. The van der Waals surface area contributed by atoms with Gasteiger partial charge in [-0.2, -0.15) is 0 Å². The summed E-state index contributed by atoms with van der Waals surface area (Å²) in [5, 5.41) is 12.1. The first kappa shape index (κ1) is 10.2. The third kappa shape index (κ3) is 2.36. The Hall–Kier alpha value is -1.35. The maximum Gasteiger partial charge on any atom is 0.303 e. The van der Waals surface area contributed by atoms with Gasteiger partial charge in [0.2, 0.25) is 0 Å². The Morgan fingerprint density at radius 1 is 1.33 bits per heavy atom. The number of carbonyl (C=O) groups is 1. The van der Waals surface area contributed by atoms with Gasteiger partial charge in [0.25, 0.3) is 0 Å². The lowest BCUT2D eigenvalue weighted by atomic mass is 9.87. The van der Waals surface area contributed by atoms with E-state index in [4.69, 9.17) is 5.11 Å². The first-order valence-electron chi connectivity index (χ1n) is 5.25. The molecule has 80 valence electrons. The van der Waals surface area contributed by atoms with Crippen molar-refractivity contribution in [1.82, 2.24) is 5.32 Å². The molecular weight excluding hydrogens is 190 g/mol. The molecule has 1 fully saturated rings. The van der Waals surface area contributed by atoms with Crippen LogP contribution in [0.5, 0.6) is 0 Å². The maximum atomic E-state index is 10.7. The third-order valence-corrected chi connectivity index (χ3v) is 3.00. The van der Waals surface area contributed by atoms with Gasteiger partial charge in [0, 0.05) is 18.9 Å². The van der Waals surface area contributed by atoms with Gasteiger partial charge >= 0.3 is 5.97 Å². The molecule has 0 aromatic heterocycles. The van der Waals surface area contributed by atoms with Crippen molar-refractivity contribution in [3.8, 4) is 0 Å². The number of carboxylic acid groups (broad SMARTS) is 1. The summed E-state index contributed by atoms with van der Waals surface area (Å²) >= 11 is 0. The zero-order valence-corrected chi connectivity index (χ0v) is 8.52. The molecule has 1 aromatic carbocycles. The van der Waals surface area contributed by atoms with E-state index in [1.54, 1.807) is 0 Å². The minimum atomic E-state index is -0.704. The maximum absolute atomic E-state index is 10.7. The molecule has 0 spiro atoms. The van der Waals surface area contributed by atoms with Crippen LogP contribution in [-0.2, 0) is 4.79 Å². The summed E-state index contributed by atoms with van der Waals surface area (Å²) in [6, 6.07) is 10.1. The van der Waals surface area contributed by atoms with E-state index < -0.39 is 5.97 Å². The number of aliphatic carboxylic acids is 1. The van der Waals surface area contributed by atoms with Crippen molar-refractivity contribution >= 4 is 5.97 Å². The van der Waals surface area contributed by atoms with Crippen LogP contribution in [0.3, 0.4) is 0 Å². The van der Waals surface area contributed by atoms with E-state index in [1.165, 1.54) is 5.56 Å². The van der Waals surface area contributed by atoms with Crippen molar-refractivity contribution in [2.45, 2.75) is 12.3 Å². The average Bonchev–Trinajstić information content (AvgIpc) is 2.66. The first-order valence-corrected chi connectivity index (χ1v) is 5.25. The van der Waals surface area contributed by atoms with Gasteiger partial charge in [-0.05, 0) is 18.0 Å². The fraction of sp³-hybridized carbons (Fsp3) is 0.417. The molecule has 2 rings (SSSR count). The van der Waals surface area contributed by atoms with E-state index in [0.717, 1.165) is 13.1 Å². The molecule has 0 radical (unpaired) electrons. The molecule has 0 amide bonds. The molecule has 1 aromatic rings. The molecule has 0 unspecified atom stereocenters. The highest BCUT2D eigenvalue weighted by Gasteiger charge is 2.29.